The first-order valence-electron chi connectivity index (χ1n) is 12.7. The summed E-state index contributed by atoms with van der Waals surface area (Å²) in [6.45, 7) is 4.05. The number of unbranched alkanes of at least 4 members (excludes halogenated alkanes) is 1. The van der Waals surface area contributed by atoms with Gasteiger partial charge in [-0.25, -0.2) is 0 Å². The van der Waals surface area contributed by atoms with E-state index in [0.717, 1.165) is 24.0 Å². The second-order valence-corrected chi connectivity index (χ2v) is 9.61. The average molecular weight is 529 g/mol. The quantitative estimate of drug-likeness (QED) is 0.306. The van der Waals surface area contributed by atoms with Gasteiger partial charge in [0.2, 0.25) is 5.88 Å². The fraction of sp³-hybridized carbons (Fsp3) is 0.267. The summed E-state index contributed by atoms with van der Waals surface area (Å²) in [6.07, 6.45) is 4.63. The van der Waals surface area contributed by atoms with Crippen LogP contribution in [-0.4, -0.2) is 19.2 Å². The molecular formula is C30H29ClN4O3. The van der Waals surface area contributed by atoms with E-state index in [2.05, 4.69) is 18.0 Å². The normalized spacial score (nSPS) is 11.7. The van der Waals surface area contributed by atoms with Crippen molar-refractivity contribution in [3.63, 3.8) is 0 Å². The van der Waals surface area contributed by atoms with Crippen LogP contribution >= 0.6 is 11.6 Å². The van der Waals surface area contributed by atoms with E-state index in [1.165, 1.54) is 10.6 Å². The average Bonchev–Trinajstić information content (AvgIpc) is 2.93. The highest BCUT2D eigenvalue weighted by Crippen LogP contribution is 2.26. The molecule has 2 heterocycles. The summed E-state index contributed by atoms with van der Waals surface area (Å²) in [4.78, 5) is 30.6. The van der Waals surface area contributed by atoms with Gasteiger partial charge in [-0.1, -0.05) is 56.1 Å². The molecule has 2 aromatic carbocycles. The predicted molar refractivity (Wildman–Crippen MR) is 148 cm³/mol. The number of aromatic hydroxyl groups is 1. The SMILES string of the molecule is CCCCc1nc(O)c(Cc2ccc(-n3cc(Cl)ccc3=O)cc2)c(=O)n1[C@@H](CC)c1cccc(C#N)c1. The van der Waals surface area contributed by atoms with Crippen molar-refractivity contribution >= 4 is 11.6 Å². The lowest BCUT2D eigenvalue weighted by Crippen LogP contribution is -2.32. The molecule has 0 aliphatic carbocycles. The van der Waals surface area contributed by atoms with Crippen LogP contribution in [0.1, 0.15) is 67.2 Å². The lowest BCUT2D eigenvalue weighted by molar-refractivity contribution is 0.420. The zero-order valence-corrected chi connectivity index (χ0v) is 22.2. The van der Waals surface area contributed by atoms with E-state index in [1.807, 2.05) is 31.2 Å². The molecule has 38 heavy (non-hydrogen) atoms. The lowest BCUT2D eigenvalue weighted by atomic mass is 10.0. The van der Waals surface area contributed by atoms with Gasteiger partial charge in [-0.05, 0) is 54.3 Å². The maximum absolute atomic E-state index is 13.9. The van der Waals surface area contributed by atoms with Crippen LogP contribution in [0.3, 0.4) is 0 Å². The molecule has 0 aliphatic heterocycles. The van der Waals surface area contributed by atoms with E-state index in [4.69, 9.17) is 11.6 Å². The van der Waals surface area contributed by atoms with E-state index in [1.54, 1.807) is 41.1 Å². The summed E-state index contributed by atoms with van der Waals surface area (Å²) in [5.74, 6) is 0.260. The second-order valence-electron chi connectivity index (χ2n) is 9.17. The zero-order chi connectivity index (χ0) is 27.2. The number of rotatable bonds is 9. The number of pyridine rings is 1. The van der Waals surface area contributed by atoms with Gasteiger partial charge in [0.1, 0.15) is 5.82 Å². The van der Waals surface area contributed by atoms with Crippen molar-refractivity contribution in [2.45, 2.75) is 52.0 Å². The molecule has 4 aromatic rings. The number of aryl methyl sites for hydroxylation is 1. The summed E-state index contributed by atoms with van der Waals surface area (Å²) in [5.41, 5.74) is 2.49. The van der Waals surface area contributed by atoms with Crippen LogP contribution in [0.2, 0.25) is 5.02 Å². The number of nitrogens with zero attached hydrogens (tertiary/aromatic N) is 4. The van der Waals surface area contributed by atoms with Crippen LogP contribution < -0.4 is 11.1 Å². The number of hydrogen-bond donors (Lipinski definition) is 1. The largest absolute Gasteiger partial charge is 0.493 e. The van der Waals surface area contributed by atoms with Crippen molar-refractivity contribution in [2.24, 2.45) is 0 Å². The monoisotopic (exact) mass is 528 g/mol. The molecule has 7 nitrogen and oxygen atoms in total. The van der Waals surface area contributed by atoms with Crippen molar-refractivity contribution in [2.75, 3.05) is 0 Å². The Bertz CT molecular complexity index is 1600. The molecule has 0 fully saturated rings. The highest BCUT2D eigenvalue weighted by atomic mass is 35.5. The molecule has 0 radical (unpaired) electrons. The molecule has 2 aromatic heterocycles. The number of halogens is 1. The Morgan fingerprint density at radius 2 is 1.84 bits per heavy atom. The summed E-state index contributed by atoms with van der Waals surface area (Å²) < 4.78 is 3.13. The Hall–Kier alpha value is -4.15. The molecule has 1 atom stereocenters. The van der Waals surface area contributed by atoms with Gasteiger partial charge in [0.25, 0.3) is 11.1 Å². The summed E-state index contributed by atoms with van der Waals surface area (Å²) in [7, 11) is 0. The highest BCUT2D eigenvalue weighted by Gasteiger charge is 2.23. The third-order valence-electron chi connectivity index (χ3n) is 6.58. The van der Waals surface area contributed by atoms with E-state index < -0.39 is 0 Å². The van der Waals surface area contributed by atoms with E-state index in [-0.39, 0.29) is 35.0 Å². The summed E-state index contributed by atoms with van der Waals surface area (Å²) in [6, 6.07) is 19.2. The Morgan fingerprint density at radius 3 is 2.53 bits per heavy atom. The van der Waals surface area contributed by atoms with Crippen LogP contribution in [0.25, 0.3) is 5.69 Å². The molecule has 0 amide bonds. The van der Waals surface area contributed by atoms with Gasteiger partial charge < -0.3 is 5.11 Å². The first-order valence-corrected chi connectivity index (χ1v) is 13.0. The van der Waals surface area contributed by atoms with Gasteiger partial charge >= 0.3 is 0 Å². The van der Waals surface area contributed by atoms with Crippen LogP contribution in [0, 0.1) is 11.3 Å². The van der Waals surface area contributed by atoms with Crippen LogP contribution in [0.5, 0.6) is 5.88 Å². The van der Waals surface area contributed by atoms with Crippen molar-refractivity contribution in [1.82, 2.24) is 14.1 Å². The van der Waals surface area contributed by atoms with Crippen molar-refractivity contribution < 1.29 is 5.11 Å². The maximum atomic E-state index is 13.9. The first kappa shape index (κ1) is 26.9. The Balaban J connectivity index is 1.76. The third kappa shape index (κ3) is 5.71. The van der Waals surface area contributed by atoms with Crippen molar-refractivity contribution in [3.8, 4) is 17.6 Å². The smallest absolute Gasteiger partial charge is 0.261 e. The molecule has 194 valence electrons. The molecule has 4 rings (SSSR count). The second kappa shape index (κ2) is 11.9. The van der Waals surface area contributed by atoms with Crippen molar-refractivity contribution in [3.05, 3.63) is 121 Å². The van der Waals surface area contributed by atoms with Gasteiger partial charge in [0.15, 0.2) is 0 Å². The molecule has 0 spiro atoms. The van der Waals surface area contributed by atoms with E-state index in [0.29, 0.717) is 34.9 Å². The number of aromatic nitrogens is 3. The van der Waals surface area contributed by atoms with Crippen LogP contribution in [0.15, 0.2) is 76.4 Å². The lowest BCUT2D eigenvalue weighted by Gasteiger charge is -2.23. The van der Waals surface area contributed by atoms with E-state index >= 15 is 0 Å². The fourth-order valence-corrected chi connectivity index (χ4v) is 4.77. The Labute approximate surface area is 226 Å². The predicted octanol–water partition coefficient (Wildman–Crippen LogP) is 5.56. The topological polar surface area (TPSA) is 101 Å². The maximum Gasteiger partial charge on any atom is 0.261 e. The van der Waals surface area contributed by atoms with Gasteiger partial charge in [-0.15, -0.1) is 0 Å². The van der Waals surface area contributed by atoms with Crippen molar-refractivity contribution in [1.29, 1.82) is 5.26 Å². The molecule has 0 saturated heterocycles. The number of hydrogen-bond acceptors (Lipinski definition) is 5. The van der Waals surface area contributed by atoms with Crippen LogP contribution in [0.4, 0.5) is 0 Å². The number of benzene rings is 2. The minimum atomic E-state index is -0.327. The molecular weight excluding hydrogens is 500 g/mol. The number of nitriles is 1. The van der Waals surface area contributed by atoms with Gasteiger partial charge in [0.05, 0.1) is 28.3 Å². The third-order valence-corrected chi connectivity index (χ3v) is 6.81. The zero-order valence-electron chi connectivity index (χ0n) is 21.4. The highest BCUT2D eigenvalue weighted by molar-refractivity contribution is 6.30. The van der Waals surface area contributed by atoms with Gasteiger partial charge in [-0.2, -0.15) is 10.2 Å². The molecule has 1 N–H and O–H groups in total. The fourth-order valence-electron chi connectivity index (χ4n) is 4.61. The summed E-state index contributed by atoms with van der Waals surface area (Å²) >= 11 is 6.05. The minimum Gasteiger partial charge on any atom is -0.493 e. The van der Waals surface area contributed by atoms with E-state index in [9.17, 15) is 20.0 Å². The molecule has 0 bridgehead atoms. The molecule has 0 saturated carbocycles. The Kier molecular flexibility index (Phi) is 8.45. The van der Waals surface area contributed by atoms with Crippen LogP contribution in [-0.2, 0) is 12.8 Å². The van der Waals surface area contributed by atoms with Gasteiger partial charge in [0, 0.05) is 30.8 Å². The first-order chi connectivity index (χ1) is 18.4. The van der Waals surface area contributed by atoms with Gasteiger partial charge in [-0.3, -0.25) is 18.7 Å². The Morgan fingerprint density at radius 1 is 1.08 bits per heavy atom. The molecule has 0 aliphatic rings. The summed E-state index contributed by atoms with van der Waals surface area (Å²) in [5, 5.41) is 20.7. The molecule has 0 unspecified atom stereocenters. The molecule has 8 heteroatoms. The standard InChI is InChI=1S/C30H29ClN4O3/c1-3-5-9-27-33-29(37)25(30(38)35(27)26(4-2)22-8-6-7-21(16-22)18-32)17-20-10-13-24(14-11-20)34-19-23(31)12-15-28(34)36/h6-8,10-16,19,26,37H,3-5,9,17H2,1-2H3/t26-/m0/s1. The minimum absolute atomic E-state index is 0.172.